The molecular weight excluding hydrogens is 328 g/mol. The Morgan fingerprint density at radius 1 is 1.46 bits per heavy atom. The number of hydrogen-bond acceptors (Lipinski definition) is 3. The van der Waals surface area contributed by atoms with Crippen LogP contribution in [0.4, 0.5) is 4.79 Å². The molecule has 4 N–H and O–H groups in total. The van der Waals surface area contributed by atoms with Gasteiger partial charge in [-0.25, -0.2) is 4.79 Å². The number of piperazine rings is 1. The van der Waals surface area contributed by atoms with Gasteiger partial charge < -0.3 is 21.3 Å². The molecule has 1 aliphatic heterocycles. The molecule has 1 saturated heterocycles. The Hall–Kier alpha value is -1.79. The van der Waals surface area contributed by atoms with Crippen LogP contribution in [0.3, 0.4) is 0 Å². The van der Waals surface area contributed by atoms with Crippen molar-refractivity contribution in [3.05, 3.63) is 34.9 Å². The topological polar surface area (TPSA) is 87.5 Å². The summed E-state index contributed by atoms with van der Waals surface area (Å²) in [4.78, 5) is 26.1. The van der Waals surface area contributed by atoms with E-state index >= 15 is 0 Å². The predicted molar refractivity (Wildman–Crippen MR) is 94.8 cm³/mol. The molecule has 0 spiro atoms. The molecule has 2 rings (SSSR count). The van der Waals surface area contributed by atoms with E-state index in [-0.39, 0.29) is 11.9 Å². The van der Waals surface area contributed by atoms with E-state index in [2.05, 4.69) is 10.6 Å². The third-order valence-corrected chi connectivity index (χ3v) is 4.60. The van der Waals surface area contributed by atoms with Crippen molar-refractivity contribution in [3.8, 4) is 0 Å². The summed E-state index contributed by atoms with van der Waals surface area (Å²) < 4.78 is 0. The fourth-order valence-corrected chi connectivity index (χ4v) is 3.29. The van der Waals surface area contributed by atoms with Crippen molar-refractivity contribution in [3.63, 3.8) is 0 Å². The zero-order valence-electron chi connectivity index (χ0n) is 13.9. The number of carbonyl (C=O) groups excluding carboxylic acids is 2. The van der Waals surface area contributed by atoms with Gasteiger partial charge in [0.05, 0.1) is 6.04 Å². The number of nitrogens with zero attached hydrogens (tertiary/aromatic N) is 1. The molecular formula is C17H25ClN4O2. The molecule has 0 aliphatic carbocycles. The number of carbonyl (C=O) groups is 2. The van der Waals surface area contributed by atoms with Crippen LogP contribution in [0.5, 0.6) is 0 Å². The highest BCUT2D eigenvalue weighted by Crippen LogP contribution is 2.29. The lowest BCUT2D eigenvalue weighted by atomic mass is 10.0. The lowest BCUT2D eigenvalue weighted by Crippen LogP contribution is -2.56. The molecule has 132 valence electrons. The van der Waals surface area contributed by atoms with Gasteiger partial charge in [0.1, 0.15) is 6.04 Å². The van der Waals surface area contributed by atoms with Crippen molar-refractivity contribution in [2.45, 2.75) is 38.3 Å². The second kappa shape index (κ2) is 8.89. The maximum atomic E-state index is 13.0. The van der Waals surface area contributed by atoms with E-state index in [9.17, 15) is 9.59 Å². The van der Waals surface area contributed by atoms with E-state index in [0.717, 1.165) is 18.4 Å². The minimum Gasteiger partial charge on any atom is -0.352 e. The number of amides is 3. The molecule has 1 aromatic rings. The van der Waals surface area contributed by atoms with Crippen LogP contribution < -0.4 is 16.4 Å². The fraction of sp³-hybridized carbons (Fsp3) is 0.529. The number of unbranched alkanes of at least 4 members (excludes halogenated alkanes) is 1. The van der Waals surface area contributed by atoms with Crippen LogP contribution >= 0.6 is 11.6 Å². The molecule has 7 heteroatoms. The van der Waals surface area contributed by atoms with E-state index in [1.165, 1.54) is 0 Å². The molecule has 0 radical (unpaired) electrons. The number of halogens is 1. The van der Waals surface area contributed by atoms with Gasteiger partial charge in [-0.15, -0.1) is 0 Å². The molecule has 6 nitrogen and oxygen atoms in total. The summed E-state index contributed by atoms with van der Waals surface area (Å²) in [6.45, 7) is 3.96. The highest BCUT2D eigenvalue weighted by Gasteiger charge is 2.33. The van der Waals surface area contributed by atoms with E-state index in [0.29, 0.717) is 31.1 Å². The van der Waals surface area contributed by atoms with Crippen molar-refractivity contribution >= 4 is 23.5 Å². The number of rotatable bonds is 6. The highest BCUT2D eigenvalue weighted by molar-refractivity contribution is 6.31. The van der Waals surface area contributed by atoms with Crippen molar-refractivity contribution in [2.75, 3.05) is 19.6 Å². The van der Waals surface area contributed by atoms with E-state index in [1.807, 2.05) is 31.2 Å². The fourth-order valence-electron chi connectivity index (χ4n) is 3.03. The molecule has 1 aliphatic rings. The maximum Gasteiger partial charge on any atom is 0.312 e. The number of benzene rings is 1. The van der Waals surface area contributed by atoms with E-state index in [4.69, 9.17) is 17.3 Å². The van der Waals surface area contributed by atoms with Gasteiger partial charge in [-0.05, 0) is 18.1 Å². The Bertz CT molecular complexity index is 581. The first-order valence-corrected chi connectivity index (χ1v) is 8.74. The summed E-state index contributed by atoms with van der Waals surface area (Å²) in [7, 11) is 0. The Morgan fingerprint density at radius 2 is 2.21 bits per heavy atom. The third kappa shape index (κ3) is 4.61. The van der Waals surface area contributed by atoms with Crippen LogP contribution in [0.25, 0.3) is 0 Å². The summed E-state index contributed by atoms with van der Waals surface area (Å²) in [6.07, 6.45) is 2.37. The molecule has 0 bridgehead atoms. The Balaban J connectivity index is 2.22. The average molecular weight is 353 g/mol. The van der Waals surface area contributed by atoms with Gasteiger partial charge in [0, 0.05) is 24.7 Å². The predicted octanol–water partition coefficient (Wildman–Crippen LogP) is 2.04. The number of primary amides is 1. The first-order chi connectivity index (χ1) is 11.5. The summed E-state index contributed by atoms with van der Waals surface area (Å²) in [5.41, 5.74) is 6.16. The van der Waals surface area contributed by atoms with E-state index in [1.54, 1.807) is 4.90 Å². The molecule has 0 saturated carbocycles. The number of nitrogens with two attached hydrogens (primary N) is 1. The van der Waals surface area contributed by atoms with Crippen LogP contribution in [0.2, 0.25) is 5.02 Å². The first kappa shape index (κ1) is 18.5. The van der Waals surface area contributed by atoms with Gasteiger partial charge in [-0.2, -0.15) is 0 Å². The van der Waals surface area contributed by atoms with Gasteiger partial charge in [0.2, 0.25) is 5.91 Å². The lowest BCUT2D eigenvalue weighted by Gasteiger charge is -2.39. The van der Waals surface area contributed by atoms with Crippen molar-refractivity contribution < 1.29 is 9.59 Å². The van der Waals surface area contributed by atoms with Gasteiger partial charge in [0.25, 0.3) is 0 Å². The number of urea groups is 1. The SMILES string of the molecule is CCCCC(NC(N)=O)C(=O)N1CCNCC1c1ccccc1Cl. The smallest absolute Gasteiger partial charge is 0.312 e. The van der Waals surface area contributed by atoms with Crippen LogP contribution in [0, 0.1) is 0 Å². The van der Waals surface area contributed by atoms with E-state index < -0.39 is 12.1 Å². The second-order valence-electron chi connectivity index (χ2n) is 5.98. The lowest BCUT2D eigenvalue weighted by molar-refractivity contribution is -0.136. The third-order valence-electron chi connectivity index (χ3n) is 4.25. The molecule has 2 unspecified atom stereocenters. The molecule has 2 atom stereocenters. The van der Waals surface area contributed by atoms with Gasteiger partial charge >= 0.3 is 6.03 Å². The second-order valence-corrected chi connectivity index (χ2v) is 6.38. The van der Waals surface area contributed by atoms with Crippen LogP contribution in [0.15, 0.2) is 24.3 Å². The van der Waals surface area contributed by atoms with Crippen molar-refractivity contribution in [1.82, 2.24) is 15.5 Å². The normalized spacial score (nSPS) is 18.9. The summed E-state index contributed by atoms with van der Waals surface area (Å²) in [5, 5.41) is 6.53. The van der Waals surface area contributed by atoms with Crippen molar-refractivity contribution in [2.24, 2.45) is 5.73 Å². The first-order valence-electron chi connectivity index (χ1n) is 8.36. The monoisotopic (exact) mass is 352 g/mol. The molecule has 1 fully saturated rings. The zero-order valence-corrected chi connectivity index (χ0v) is 14.7. The number of nitrogens with one attached hydrogen (secondary N) is 2. The molecule has 1 aromatic carbocycles. The minimum atomic E-state index is -0.672. The van der Waals surface area contributed by atoms with Crippen LogP contribution in [-0.4, -0.2) is 42.5 Å². The maximum absolute atomic E-state index is 13.0. The summed E-state index contributed by atoms with van der Waals surface area (Å²) in [6, 6.07) is 6.12. The summed E-state index contributed by atoms with van der Waals surface area (Å²) >= 11 is 6.32. The zero-order chi connectivity index (χ0) is 17.5. The molecule has 0 aromatic heterocycles. The molecule has 3 amide bonds. The van der Waals surface area contributed by atoms with Crippen molar-refractivity contribution in [1.29, 1.82) is 0 Å². The largest absolute Gasteiger partial charge is 0.352 e. The molecule has 1 heterocycles. The van der Waals surface area contributed by atoms with Crippen LogP contribution in [0.1, 0.15) is 37.8 Å². The van der Waals surface area contributed by atoms with Gasteiger partial charge in [-0.1, -0.05) is 49.6 Å². The Kier molecular flexibility index (Phi) is 6.87. The quantitative estimate of drug-likeness (QED) is 0.732. The standard InChI is InChI=1S/C17H25ClN4O2/c1-2-3-8-14(21-17(19)24)16(23)22-10-9-20-11-15(22)12-6-4-5-7-13(12)18/h4-7,14-15,20H,2-3,8-11H2,1H3,(H3,19,21,24). The van der Waals surface area contributed by atoms with Gasteiger partial charge in [0.15, 0.2) is 0 Å². The highest BCUT2D eigenvalue weighted by atomic mass is 35.5. The summed E-state index contributed by atoms with van der Waals surface area (Å²) in [5.74, 6) is -0.103. The van der Waals surface area contributed by atoms with Gasteiger partial charge in [-0.3, -0.25) is 4.79 Å². The minimum absolute atomic E-state index is 0.103. The van der Waals surface area contributed by atoms with Crippen LogP contribution in [-0.2, 0) is 4.79 Å². The Morgan fingerprint density at radius 3 is 2.88 bits per heavy atom. The Labute approximate surface area is 147 Å². The molecule has 24 heavy (non-hydrogen) atoms. The average Bonchev–Trinajstić information content (AvgIpc) is 2.58. The number of hydrogen-bond donors (Lipinski definition) is 3.